The highest BCUT2D eigenvalue weighted by Gasteiger charge is 2.24. The number of rotatable bonds is 1. The first kappa shape index (κ1) is 13.7. The third-order valence-corrected chi connectivity index (χ3v) is 4.45. The van der Waals surface area contributed by atoms with Gasteiger partial charge in [-0.15, -0.1) is 0 Å². The molecule has 3 aromatic heterocycles. The fraction of sp³-hybridized carbons (Fsp3) is 0.200. The molecule has 0 atom stereocenters. The smallest absolute Gasteiger partial charge is 0.274 e. The number of hydrogen-bond donors (Lipinski definition) is 0. The van der Waals surface area contributed by atoms with Crippen LogP contribution in [0.4, 0.5) is 0 Å². The molecule has 0 unspecified atom stereocenters. The van der Waals surface area contributed by atoms with Crippen LogP contribution in [0.15, 0.2) is 36.5 Å². The van der Waals surface area contributed by atoms with Crippen molar-refractivity contribution in [3.63, 3.8) is 0 Å². The van der Waals surface area contributed by atoms with Crippen molar-refractivity contribution in [1.29, 1.82) is 0 Å². The van der Waals surface area contributed by atoms with Crippen molar-refractivity contribution < 1.29 is 4.79 Å². The number of fused-ring (bicyclic) bond motifs is 2. The summed E-state index contributed by atoms with van der Waals surface area (Å²) in [5, 5.41) is 5.61. The molecule has 112 valence electrons. The van der Waals surface area contributed by atoms with Gasteiger partial charge in [0.1, 0.15) is 5.15 Å². The standard InChI is InChI=1S/C15H12Cl2N4O/c16-10-1-2-11-7-13(18-21(11)8-10)15(22)19-5-6-20-12(9-19)3-4-14(20)17/h1-4,7-8H,5-6,9H2. The molecule has 22 heavy (non-hydrogen) atoms. The van der Waals surface area contributed by atoms with E-state index in [-0.39, 0.29) is 5.91 Å². The normalized spacial score (nSPS) is 14.4. The van der Waals surface area contributed by atoms with Crippen LogP contribution < -0.4 is 0 Å². The van der Waals surface area contributed by atoms with E-state index >= 15 is 0 Å². The fourth-order valence-corrected chi connectivity index (χ4v) is 3.18. The number of aromatic nitrogens is 3. The molecule has 0 saturated carbocycles. The van der Waals surface area contributed by atoms with Gasteiger partial charge in [-0.05, 0) is 30.3 Å². The molecule has 0 fully saturated rings. The highest BCUT2D eigenvalue weighted by molar-refractivity contribution is 6.30. The van der Waals surface area contributed by atoms with Crippen molar-refractivity contribution in [2.24, 2.45) is 0 Å². The lowest BCUT2D eigenvalue weighted by atomic mass is 10.2. The monoisotopic (exact) mass is 334 g/mol. The molecule has 0 N–H and O–H groups in total. The molecule has 1 aliphatic rings. The predicted molar refractivity (Wildman–Crippen MR) is 84.4 cm³/mol. The minimum Gasteiger partial charge on any atom is -0.332 e. The van der Waals surface area contributed by atoms with Gasteiger partial charge >= 0.3 is 0 Å². The maximum absolute atomic E-state index is 12.6. The van der Waals surface area contributed by atoms with Crippen LogP contribution in [0, 0.1) is 0 Å². The van der Waals surface area contributed by atoms with Gasteiger partial charge in [0.2, 0.25) is 0 Å². The van der Waals surface area contributed by atoms with Crippen LogP contribution in [0.25, 0.3) is 5.52 Å². The van der Waals surface area contributed by atoms with Gasteiger partial charge in [-0.25, -0.2) is 4.52 Å². The van der Waals surface area contributed by atoms with E-state index in [1.807, 2.05) is 22.8 Å². The Morgan fingerprint density at radius 3 is 2.86 bits per heavy atom. The van der Waals surface area contributed by atoms with E-state index in [4.69, 9.17) is 23.2 Å². The summed E-state index contributed by atoms with van der Waals surface area (Å²) in [5.74, 6) is -0.0802. The summed E-state index contributed by atoms with van der Waals surface area (Å²) in [5.41, 5.74) is 2.31. The van der Waals surface area contributed by atoms with Gasteiger partial charge in [0, 0.05) is 25.0 Å². The lowest BCUT2D eigenvalue weighted by Gasteiger charge is -2.28. The molecule has 4 heterocycles. The zero-order valence-corrected chi connectivity index (χ0v) is 13.1. The molecule has 1 amide bonds. The summed E-state index contributed by atoms with van der Waals surface area (Å²) < 4.78 is 3.65. The van der Waals surface area contributed by atoms with Crippen LogP contribution in [0.1, 0.15) is 16.2 Å². The van der Waals surface area contributed by atoms with Gasteiger partial charge in [0.15, 0.2) is 5.69 Å². The molecule has 5 nitrogen and oxygen atoms in total. The molecule has 4 rings (SSSR count). The Labute approximate surface area is 136 Å². The number of amides is 1. The van der Waals surface area contributed by atoms with Crippen molar-refractivity contribution >= 4 is 34.6 Å². The van der Waals surface area contributed by atoms with E-state index in [2.05, 4.69) is 5.10 Å². The van der Waals surface area contributed by atoms with E-state index in [1.54, 1.807) is 27.7 Å². The fourth-order valence-electron chi connectivity index (χ4n) is 2.77. The Morgan fingerprint density at radius 2 is 2.00 bits per heavy atom. The second-order valence-corrected chi connectivity index (χ2v) is 6.10. The maximum atomic E-state index is 12.6. The molecule has 1 aliphatic heterocycles. The average molecular weight is 335 g/mol. The van der Waals surface area contributed by atoms with E-state index in [1.165, 1.54) is 0 Å². The summed E-state index contributed by atoms with van der Waals surface area (Å²) in [6.07, 6.45) is 1.69. The topological polar surface area (TPSA) is 42.5 Å². The summed E-state index contributed by atoms with van der Waals surface area (Å²) in [6, 6.07) is 9.21. The van der Waals surface area contributed by atoms with Crippen LogP contribution in [0.2, 0.25) is 10.2 Å². The molecular weight excluding hydrogens is 323 g/mol. The van der Waals surface area contributed by atoms with Crippen LogP contribution in [-0.2, 0) is 13.1 Å². The molecule has 0 aromatic carbocycles. The molecule has 0 spiro atoms. The van der Waals surface area contributed by atoms with Crippen LogP contribution >= 0.6 is 23.2 Å². The van der Waals surface area contributed by atoms with E-state index < -0.39 is 0 Å². The number of hydrogen-bond acceptors (Lipinski definition) is 2. The molecule has 0 radical (unpaired) electrons. The van der Waals surface area contributed by atoms with E-state index in [0.717, 1.165) is 11.2 Å². The Kier molecular flexibility index (Phi) is 3.13. The largest absolute Gasteiger partial charge is 0.332 e. The zero-order valence-electron chi connectivity index (χ0n) is 11.5. The molecule has 0 bridgehead atoms. The highest BCUT2D eigenvalue weighted by atomic mass is 35.5. The lowest BCUT2D eigenvalue weighted by Crippen LogP contribution is -2.38. The molecule has 0 saturated heterocycles. The first-order valence-electron chi connectivity index (χ1n) is 6.90. The van der Waals surface area contributed by atoms with Crippen molar-refractivity contribution in [3.8, 4) is 0 Å². The van der Waals surface area contributed by atoms with Crippen LogP contribution in [0.5, 0.6) is 0 Å². The van der Waals surface area contributed by atoms with Crippen LogP contribution in [-0.4, -0.2) is 31.5 Å². The lowest BCUT2D eigenvalue weighted by molar-refractivity contribution is 0.0705. The van der Waals surface area contributed by atoms with Crippen molar-refractivity contribution in [1.82, 2.24) is 19.1 Å². The quantitative estimate of drug-likeness (QED) is 0.686. The number of halogens is 2. The van der Waals surface area contributed by atoms with Crippen molar-refractivity contribution in [3.05, 3.63) is 58.1 Å². The molecule has 0 aliphatic carbocycles. The summed E-state index contributed by atoms with van der Waals surface area (Å²) in [6.45, 7) is 1.86. The number of carbonyl (C=O) groups excluding carboxylic acids is 1. The predicted octanol–water partition coefficient (Wildman–Crippen LogP) is 3.10. The highest BCUT2D eigenvalue weighted by Crippen LogP contribution is 2.22. The minimum atomic E-state index is -0.0802. The first-order valence-corrected chi connectivity index (χ1v) is 7.65. The van der Waals surface area contributed by atoms with E-state index in [0.29, 0.717) is 35.5 Å². The second-order valence-electron chi connectivity index (χ2n) is 5.27. The SMILES string of the molecule is O=C(c1cc2ccc(Cl)cn2n1)N1CCn2c(Cl)ccc2C1. The Morgan fingerprint density at radius 1 is 1.14 bits per heavy atom. The molecule has 7 heteroatoms. The van der Waals surface area contributed by atoms with Gasteiger partial charge in [-0.2, -0.15) is 5.10 Å². The van der Waals surface area contributed by atoms with Crippen LogP contribution in [0.3, 0.4) is 0 Å². The third-order valence-electron chi connectivity index (χ3n) is 3.89. The number of pyridine rings is 1. The first-order chi connectivity index (χ1) is 10.6. The Balaban J connectivity index is 1.63. The van der Waals surface area contributed by atoms with Gasteiger partial charge in [-0.1, -0.05) is 23.2 Å². The molecule has 3 aromatic rings. The van der Waals surface area contributed by atoms with Crippen molar-refractivity contribution in [2.75, 3.05) is 6.54 Å². The number of carbonyl (C=O) groups is 1. The summed E-state index contributed by atoms with van der Waals surface area (Å²) in [7, 11) is 0. The second kappa shape index (κ2) is 5.04. The van der Waals surface area contributed by atoms with Gasteiger partial charge in [0.05, 0.1) is 17.1 Å². The zero-order chi connectivity index (χ0) is 15.3. The summed E-state index contributed by atoms with van der Waals surface area (Å²) >= 11 is 12.0. The Bertz CT molecular complexity index is 883. The Hall–Kier alpha value is -1.98. The minimum absolute atomic E-state index is 0.0802. The number of nitrogens with zero attached hydrogens (tertiary/aromatic N) is 4. The summed E-state index contributed by atoms with van der Waals surface area (Å²) in [4.78, 5) is 14.4. The van der Waals surface area contributed by atoms with E-state index in [9.17, 15) is 4.79 Å². The average Bonchev–Trinajstić information content (AvgIpc) is 3.09. The third kappa shape index (κ3) is 2.17. The van der Waals surface area contributed by atoms with Gasteiger partial charge in [0.25, 0.3) is 5.91 Å². The van der Waals surface area contributed by atoms with Gasteiger partial charge in [-0.3, -0.25) is 4.79 Å². The maximum Gasteiger partial charge on any atom is 0.274 e. The molecular formula is C15H12Cl2N4O. The van der Waals surface area contributed by atoms with Crippen molar-refractivity contribution in [2.45, 2.75) is 13.1 Å². The van der Waals surface area contributed by atoms with Gasteiger partial charge < -0.3 is 9.47 Å².